The second-order valence-corrected chi connectivity index (χ2v) is 4.61. The molecular weight excluding hydrogens is 298 g/mol. The van der Waals surface area contributed by atoms with Crippen molar-refractivity contribution in [1.82, 2.24) is 9.78 Å². The lowest BCUT2D eigenvalue weighted by Gasteiger charge is -2.11. The Morgan fingerprint density at radius 2 is 1.78 bits per heavy atom. The van der Waals surface area contributed by atoms with E-state index in [2.05, 4.69) is 21.0 Å². The molecule has 2 aromatic rings. The van der Waals surface area contributed by atoms with Crippen molar-refractivity contribution in [3.8, 4) is 22.6 Å². The van der Waals surface area contributed by atoms with Crippen molar-refractivity contribution < 1.29 is 9.47 Å². The van der Waals surface area contributed by atoms with Gasteiger partial charge in [0.15, 0.2) is 11.5 Å². The van der Waals surface area contributed by atoms with Gasteiger partial charge in [-0.1, -0.05) is 15.9 Å². The van der Waals surface area contributed by atoms with Gasteiger partial charge in [0.05, 0.1) is 20.4 Å². The van der Waals surface area contributed by atoms with Gasteiger partial charge in [-0.15, -0.1) is 0 Å². The lowest BCUT2D eigenvalue weighted by atomic mass is 10.1. The number of aryl methyl sites for hydroxylation is 1. The summed E-state index contributed by atoms with van der Waals surface area (Å²) in [6.07, 6.45) is 1.72. The highest BCUT2D eigenvalue weighted by atomic mass is 79.9. The Kier molecular flexibility index (Phi) is 3.47. The summed E-state index contributed by atoms with van der Waals surface area (Å²) in [4.78, 5) is 0. The van der Waals surface area contributed by atoms with E-state index >= 15 is 0 Å². The zero-order valence-corrected chi connectivity index (χ0v) is 12.0. The second-order valence-electron chi connectivity index (χ2n) is 3.75. The second kappa shape index (κ2) is 4.89. The van der Waals surface area contributed by atoms with Crippen LogP contribution >= 0.6 is 15.9 Å². The van der Waals surface area contributed by atoms with Crippen LogP contribution < -0.4 is 15.2 Å². The van der Waals surface area contributed by atoms with E-state index in [-0.39, 0.29) is 0 Å². The molecule has 5 nitrogen and oxygen atoms in total. The van der Waals surface area contributed by atoms with Gasteiger partial charge in [-0.2, -0.15) is 5.10 Å². The summed E-state index contributed by atoms with van der Waals surface area (Å²) in [6.45, 7) is 0. The van der Waals surface area contributed by atoms with Crippen molar-refractivity contribution in [2.45, 2.75) is 0 Å². The van der Waals surface area contributed by atoms with Crippen LogP contribution in [0.2, 0.25) is 0 Å². The summed E-state index contributed by atoms with van der Waals surface area (Å²) in [7, 11) is 5.00. The number of hydrogen-bond donors (Lipinski definition) is 1. The highest BCUT2D eigenvalue weighted by Crippen LogP contribution is 2.39. The number of aromatic nitrogens is 2. The Labute approximate surface area is 114 Å². The third kappa shape index (κ3) is 2.03. The summed E-state index contributed by atoms with van der Waals surface area (Å²) in [5.41, 5.74) is 7.74. The molecule has 0 aliphatic heterocycles. The van der Waals surface area contributed by atoms with Gasteiger partial charge in [-0.25, -0.2) is 0 Å². The number of nitrogens with two attached hydrogens (primary N) is 1. The smallest absolute Gasteiger partial charge is 0.161 e. The monoisotopic (exact) mass is 311 g/mol. The topological polar surface area (TPSA) is 62.3 Å². The number of benzene rings is 1. The van der Waals surface area contributed by atoms with E-state index in [4.69, 9.17) is 15.2 Å². The average Bonchev–Trinajstić information content (AvgIpc) is 2.70. The molecule has 0 aliphatic rings. The van der Waals surface area contributed by atoms with Crippen LogP contribution in [-0.2, 0) is 7.05 Å². The van der Waals surface area contributed by atoms with E-state index in [1.807, 2.05) is 12.1 Å². The molecule has 1 heterocycles. The summed E-state index contributed by atoms with van der Waals surface area (Å²) in [6, 6.07) is 3.72. The fraction of sp³-hybridized carbons (Fsp3) is 0.250. The highest BCUT2D eigenvalue weighted by Gasteiger charge is 2.15. The number of nitrogen functional groups attached to an aromatic ring is 1. The maximum absolute atomic E-state index is 5.97. The standard InChI is InChI=1S/C12H14BrN3O2/c1-16-12(14)8(6-15-16)7-4-10(17-2)11(18-3)5-9(7)13/h4-6H,14H2,1-3H3. The van der Waals surface area contributed by atoms with E-state index in [1.165, 1.54) is 0 Å². The fourth-order valence-electron chi connectivity index (χ4n) is 1.72. The molecular formula is C12H14BrN3O2. The van der Waals surface area contributed by atoms with Gasteiger partial charge in [-0.3, -0.25) is 4.68 Å². The number of rotatable bonds is 3. The lowest BCUT2D eigenvalue weighted by Crippen LogP contribution is -1.98. The molecule has 1 aromatic heterocycles. The van der Waals surface area contributed by atoms with E-state index in [9.17, 15) is 0 Å². The van der Waals surface area contributed by atoms with Crippen LogP contribution in [0.5, 0.6) is 11.5 Å². The Hall–Kier alpha value is -1.69. The minimum atomic E-state index is 0.600. The number of anilines is 1. The minimum absolute atomic E-state index is 0.600. The third-order valence-corrected chi connectivity index (χ3v) is 3.40. The maximum atomic E-state index is 5.97. The van der Waals surface area contributed by atoms with Crippen LogP contribution in [0.25, 0.3) is 11.1 Å². The number of nitrogens with zero attached hydrogens (tertiary/aromatic N) is 2. The molecule has 0 radical (unpaired) electrons. The first-order valence-electron chi connectivity index (χ1n) is 5.27. The molecule has 0 bridgehead atoms. The first kappa shape index (κ1) is 12.8. The lowest BCUT2D eigenvalue weighted by molar-refractivity contribution is 0.355. The highest BCUT2D eigenvalue weighted by molar-refractivity contribution is 9.10. The van der Waals surface area contributed by atoms with E-state index in [1.54, 1.807) is 32.1 Å². The predicted octanol–water partition coefficient (Wildman–Crippen LogP) is 2.45. The molecule has 0 saturated heterocycles. The first-order chi connectivity index (χ1) is 8.58. The SMILES string of the molecule is COc1cc(Br)c(-c2cnn(C)c2N)cc1OC. The maximum Gasteiger partial charge on any atom is 0.161 e. The van der Waals surface area contributed by atoms with Crippen molar-refractivity contribution >= 4 is 21.7 Å². The van der Waals surface area contributed by atoms with Crippen molar-refractivity contribution in [3.63, 3.8) is 0 Å². The van der Waals surface area contributed by atoms with Gasteiger partial charge in [0, 0.05) is 22.6 Å². The molecule has 0 saturated carbocycles. The summed E-state index contributed by atoms with van der Waals surface area (Å²) < 4.78 is 13.0. The largest absolute Gasteiger partial charge is 0.493 e. The molecule has 0 unspecified atom stereocenters. The number of halogens is 1. The van der Waals surface area contributed by atoms with E-state index in [0.29, 0.717) is 17.3 Å². The molecule has 2 rings (SSSR count). The molecule has 0 spiro atoms. The Morgan fingerprint density at radius 3 is 2.28 bits per heavy atom. The van der Waals surface area contributed by atoms with Gasteiger partial charge >= 0.3 is 0 Å². The van der Waals surface area contributed by atoms with Crippen LogP contribution in [0.3, 0.4) is 0 Å². The van der Waals surface area contributed by atoms with Gasteiger partial charge in [0.25, 0.3) is 0 Å². The number of hydrogen-bond acceptors (Lipinski definition) is 4. The average molecular weight is 312 g/mol. The van der Waals surface area contributed by atoms with Crippen LogP contribution in [-0.4, -0.2) is 24.0 Å². The molecule has 6 heteroatoms. The van der Waals surface area contributed by atoms with Crippen LogP contribution in [0.4, 0.5) is 5.82 Å². The van der Waals surface area contributed by atoms with Crippen molar-refractivity contribution in [3.05, 3.63) is 22.8 Å². The summed E-state index contributed by atoms with van der Waals surface area (Å²) in [5.74, 6) is 1.91. The quantitative estimate of drug-likeness (QED) is 0.945. The van der Waals surface area contributed by atoms with Gasteiger partial charge in [0.2, 0.25) is 0 Å². The van der Waals surface area contributed by atoms with Gasteiger partial charge in [0.1, 0.15) is 5.82 Å². The van der Waals surface area contributed by atoms with Gasteiger partial charge < -0.3 is 15.2 Å². The Balaban J connectivity index is 2.61. The van der Waals surface area contributed by atoms with E-state index < -0.39 is 0 Å². The van der Waals surface area contributed by atoms with Crippen LogP contribution in [0, 0.1) is 0 Å². The first-order valence-corrected chi connectivity index (χ1v) is 6.07. The molecule has 0 amide bonds. The van der Waals surface area contributed by atoms with Crippen molar-refractivity contribution in [2.24, 2.45) is 7.05 Å². The molecule has 0 atom stereocenters. The summed E-state index contributed by atoms with van der Waals surface area (Å²) in [5, 5.41) is 4.13. The Morgan fingerprint density at radius 1 is 1.17 bits per heavy atom. The zero-order valence-electron chi connectivity index (χ0n) is 10.4. The molecule has 0 aliphatic carbocycles. The fourth-order valence-corrected chi connectivity index (χ4v) is 2.25. The van der Waals surface area contributed by atoms with E-state index in [0.717, 1.165) is 15.6 Å². The van der Waals surface area contributed by atoms with Crippen LogP contribution in [0.1, 0.15) is 0 Å². The molecule has 2 N–H and O–H groups in total. The minimum Gasteiger partial charge on any atom is -0.493 e. The van der Waals surface area contributed by atoms with Gasteiger partial charge in [-0.05, 0) is 12.1 Å². The van der Waals surface area contributed by atoms with Crippen LogP contribution in [0.15, 0.2) is 22.8 Å². The molecule has 96 valence electrons. The Bertz CT molecular complexity index is 581. The normalized spacial score (nSPS) is 10.4. The zero-order chi connectivity index (χ0) is 13.3. The predicted molar refractivity (Wildman–Crippen MR) is 73.9 cm³/mol. The number of methoxy groups -OCH3 is 2. The van der Waals surface area contributed by atoms with Crippen molar-refractivity contribution in [1.29, 1.82) is 0 Å². The molecule has 1 aromatic carbocycles. The van der Waals surface area contributed by atoms with Crippen molar-refractivity contribution in [2.75, 3.05) is 20.0 Å². The summed E-state index contributed by atoms with van der Waals surface area (Å²) >= 11 is 3.50. The third-order valence-electron chi connectivity index (χ3n) is 2.75. The molecule has 18 heavy (non-hydrogen) atoms. The molecule has 0 fully saturated rings. The number of ether oxygens (including phenoxy) is 2.